The molecule has 1 aromatic carbocycles. The van der Waals surface area contributed by atoms with Crippen molar-refractivity contribution in [1.29, 1.82) is 0 Å². The first kappa shape index (κ1) is 13.8. The van der Waals surface area contributed by atoms with Crippen molar-refractivity contribution in [3.63, 3.8) is 0 Å². The van der Waals surface area contributed by atoms with Crippen LogP contribution in [0.4, 0.5) is 13.2 Å². The second kappa shape index (κ2) is 5.91. The normalized spacial score (nSPS) is 12.3. The minimum Gasteiger partial charge on any atom is -0.465 e. The monoisotopic (exact) mass is 266 g/mol. The molecule has 0 radical (unpaired) electrons. The van der Waals surface area contributed by atoms with E-state index >= 15 is 0 Å². The molecule has 0 aliphatic carbocycles. The molecule has 0 fully saturated rings. The van der Waals surface area contributed by atoms with Gasteiger partial charge in [-0.15, -0.1) is 11.6 Å². The molecular formula is C11H10ClF3O2. The van der Waals surface area contributed by atoms with Crippen LogP contribution in [0.25, 0.3) is 0 Å². The maximum atomic E-state index is 12.9. The lowest BCUT2D eigenvalue weighted by atomic mass is 10.1. The molecule has 1 atom stereocenters. The average Bonchev–Trinajstić information content (AvgIpc) is 2.26. The Labute approximate surface area is 101 Å². The lowest BCUT2D eigenvalue weighted by Gasteiger charge is -2.09. The Morgan fingerprint density at radius 1 is 1.35 bits per heavy atom. The van der Waals surface area contributed by atoms with Gasteiger partial charge in [0.2, 0.25) is 0 Å². The van der Waals surface area contributed by atoms with Crippen molar-refractivity contribution in [2.24, 2.45) is 0 Å². The maximum absolute atomic E-state index is 12.9. The van der Waals surface area contributed by atoms with Gasteiger partial charge in [0, 0.05) is 0 Å². The number of hydrogen-bond acceptors (Lipinski definition) is 2. The van der Waals surface area contributed by atoms with Crippen LogP contribution in [0.5, 0.6) is 0 Å². The predicted molar refractivity (Wildman–Crippen MR) is 56.3 cm³/mol. The summed E-state index contributed by atoms with van der Waals surface area (Å²) < 4.78 is 43.0. The Morgan fingerprint density at radius 2 is 1.88 bits per heavy atom. The summed E-state index contributed by atoms with van der Waals surface area (Å²) >= 11 is 5.68. The molecule has 0 aromatic heterocycles. The van der Waals surface area contributed by atoms with Crippen molar-refractivity contribution in [3.05, 3.63) is 35.1 Å². The number of halogens is 4. The summed E-state index contributed by atoms with van der Waals surface area (Å²) in [5.41, 5.74) is 0.0921. The van der Waals surface area contributed by atoms with E-state index in [1.807, 2.05) is 0 Å². The highest BCUT2D eigenvalue weighted by molar-refractivity contribution is 6.30. The molecule has 1 unspecified atom stereocenters. The molecule has 0 saturated carbocycles. The minimum atomic E-state index is -1.55. The molecule has 0 aliphatic heterocycles. The number of rotatable bonds is 4. The molecule has 0 bridgehead atoms. The standard InChI is InChI=1S/C11H10ClF3O2/c1-2-17-11(16)7(12)3-6-4-8(13)10(15)9(14)5-6/h4-5,7H,2-3H2,1H3. The van der Waals surface area contributed by atoms with Gasteiger partial charge in [-0.05, 0) is 31.0 Å². The third kappa shape index (κ3) is 3.63. The average molecular weight is 267 g/mol. The van der Waals surface area contributed by atoms with Crippen LogP contribution in [0.3, 0.4) is 0 Å². The molecule has 1 rings (SSSR count). The van der Waals surface area contributed by atoms with Crippen LogP contribution in [-0.4, -0.2) is 18.0 Å². The third-order valence-electron chi connectivity index (χ3n) is 2.00. The molecule has 0 N–H and O–H groups in total. The van der Waals surface area contributed by atoms with Crippen molar-refractivity contribution in [2.45, 2.75) is 18.7 Å². The van der Waals surface area contributed by atoms with Crippen molar-refractivity contribution >= 4 is 17.6 Å². The van der Waals surface area contributed by atoms with Crippen LogP contribution >= 0.6 is 11.6 Å². The highest BCUT2D eigenvalue weighted by Gasteiger charge is 2.19. The van der Waals surface area contributed by atoms with E-state index in [4.69, 9.17) is 11.6 Å². The van der Waals surface area contributed by atoms with Gasteiger partial charge in [0.1, 0.15) is 5.38 Å². The number of benzene rings is 1. The molecular weight excluding hydrogens is 257 g/mol. The van der Waals surface area contributed by atoms with Gasteiger partial charge >= 0.3 is 5.97 Å². The Morgan fingerprint density at radius 3 is 2.35 bits per heavy atom. The number of esters is 1. The molecule has 0 heterocycles. The van der Waals surface area contributed by atoms with Crippen LogP contribution in [0.15, 0.2) is 12.1 Å². The molecule has 94 valence electrons. The first-order chi connectivity index (χ1) is 7.95. The third-order valence-corrected chi connectivity index (χ3v) is 2.33. The SMILES string of the molecule is CCOC(=O)C(Cl)Cc1cc(F)c(F)c(F)c1. The van der Waals surface area contributed by atoms with Crippen LogP contribution in [-0.2, 0) is 16.0 Å². The lowest BCUT2D eigenvalue weighted by Crippen LogP contribution is -2.20. The highest BCUT2D eigenvalue weighted by atomic mass is 35.5. The van der Waals surface area contributed by atoms with Crippen molar-refractivity contribution in [3.8, 4) is 0 Å². The van der Waals surface area contributed by atoms with Crippen molar-refractivity contribution in [1.82, 2.24) is 0 Å². The largest absolute Gasteiger partial charge is 0.465 e. The van der Waals surface area contributed by atoms with E-state index in [0.29, 0.717) is 0 Å². The quantitative estimate of drug-likeness (QED) is 0.476. The molecule has 2 nitrogen and oxygen atoms in total. The zero-order valence-corrected chi connectivity index (χ0v) is 9.73. The summed E-state index contributed by atoms with van der Waals surface area (Å²) in [5, 5.41) is -1.06. The second-order valence-electron chi connectivity index (χ2n) is 3.30. The first-order valence-corrected chi connectivity index (χ1v) is 5.33. The Kier molecular flexibility index (Phi) is 4.81. The molecule has 17 heavy (non-hydrogen) atoms. The Bertz CT molecular complexity index is 400. The van der Waals surface area contributed by atoms with Gasteiger partial charge in [0.15, 0.2) is 17.5 Å². The van der Waals surface area contributed by atoms with Gasteiger partial charge in [-0.3, -0.25) is 4.79 Å². The lowest BCUT2D eigenvalue weighted by molar-refractivity contribution is -0.142. The van der Waals surface area contributed by atoms with Crippen molar-refractivity contribution in [2.75, 3.05) is 6.61 Å². The molecule has 0 aliphatic rings. The number of alkyl halides is 1. The zero-order valence-electron chi connectivity index (χ0n) is 8.97. The minimum absolute atomic E-state index is 0.0921. The van der Waals surface area contributed by atoms with Crippen LogP contribution in [0.2, 0.25) is 0 Å². The van der Waals surface area contributed by atoms with E-state index in [9.17, 15) is 18.0 Å². The van der Waals surface area contributed by atoms with E-state index < -0.39 is 28.8 Å². The summed E-state index contributed by atoms with van der Waals surface area (Å²) in [7, 11) is 0. The van der Waals surface area contributed by atoms with Gasteiger partial charge in [-0.2, -0.15) is 0 Å². The summed E-state index contributed by atoms with van der Waals surface area (Å²) in [6.07, 6.45) is -0.130. The van der Waals surface area contributed by atoms with E-state index in [1.54, 1.807) is 6.92 Å². The fourth-order valence-electron chi connectivity index (χ4n) is 1.25. The molecule has 0 spiro atoms. The summed E-state index contributed by atoms with van der Waals surface area (Å²) in [6, 6.07) is 1.60. The molecule has 6 heteroatoms. The fraction of sp³-hybridized carbons (Fsp3) is 0.364. The summed E-state index contributed by atoms with van der Waals surface area (Å²) in [5.74, 6) is -4.85. The summed E-state index contributed by atoms with van der Waals surface area (Å²) in [6.45, 7) is 1.77. The van der Waals surface area contributed by atoms with Crippen molar-refractivity contribution < 1.29 is 22.7 Å². The number of ether oxygens (including phenoxy) is 1. The number of carbonyl (C=O) groups is 1. The van der Waals surface area contributed by atoms with Gasteiger partial charge < -0.3 is 4.74 Å². The van der Waals surface area contributed by atoms with E-state index in [-0.39, 0.29) is 18.6 Å². The Hall–Kier alpha value is -1.23. The summed E-state index contributed by atoms with van der Waals surface area (Å²) in [4.78, 5) is 11.2. The highest BCUT2D eigenvalue weighted by Crippen LogP contribution is 2.17. The maximum Gasteiger partial charge on any atom is 0.324 e. The fourth-order valence-corrected chi connectivity index (χ4v) is 1.49. The first-order valence-electron chi connectivity index (χ1n) is 4.89. The Balaban J connectivity index is 2.78. The molecule has 0 amide bonds. The van der Waals surface area contributed by atoms with E-state index in [0.717, 1.165) is 12.1 Å². The van der Waals surface area contributed by atoms with Crippen LogP contribution < -0.4 is 0 Å². The smallest absolute Gasteiger partial charge is 0.324 e. The van der Waals surface area contributed by atoms with Gasteiger partial charge in [0.25, 0.3) is 0 Å². The molecule has 0 saturated heterocycles. The topological polar surface area (TPSA) is 26.3 Å². The van der Waals surface area contributed by atoms with Gasteiger partial charge in [-0.25, -0.2) is 13.2 Å². The molecule has 1 aromatic rings. The second-order valence-corrected chi connectivity index (χ2v) is 3.82. The number of hydrogen-bond donors (Lipinski definition) is 0. The zero-order chi connectivity index (χ0) is 13.0. The van der Waals surface area contributed by atoms with Gasteiger partial charge in [-0.1, -0.05) is 0 Å². The van der Waals surface area contributed by atoms with Gasteiger partial charge in [0.05, 0.1) is 6.61 Å². The van der Waals surface area contributed by atoms with E-state index in [1.165, 1.54) is 0 Å². The number of carbonyl (C=O) groups excluding carboxylic acids is 1. The van der Waals surface area contributed by atoms with Crippen LogP contribution in [0.1, 0.15) is 12.5 Å². The predicted octanol–water partition coefficient (Wildman–Crippen LogP) is 2.82. The van der Waals surface area contributed by atoms with Crippen LogP contribution in [0, 0.1) is 17.5 Å². The van der Waals surface area contributed by atoms with E-state index in [2.05, 4.69) is 4.74 Å².